The second-order valence-electron chi connectivity index (χ2n) is 4.75. The van der Waals surface area contributed by atoms with Crippen LogP contribution in [0.3, 0.4) is 0 Å². The largest absolute Gasteiger partial charge is 0.373 e. The van der Waals surface area contributed by atoms with Crippen molar-refractivity contribution < 1.29 is 9.53 Å². The number of carbonyl (C=O) groups excluding carboxylic acids is 1. The van der Waals surface area contributed by atoms with Crippen molar-refractivity contribution in [1.82, 2.24) is 0 Å². The fraction of sp³-hybridized carbons (Fsp3) is 0.533. The van der Waals surface area contributed by atoms with Gasteiger partial charge >= 0.3 is 0 Å². The van der Waals surface area contributed by atoms with Gasteiger partial charge in [0.1, 0.15) is 6.10 Å². The van der Waals surface area contributed by atoms with Crippen molar-refractivity contribution in [3.05, 3.63) is 35.4 Å². The molecular weight excluding hydrogens is 212 g/mol. The van der Waals surface area contributed by atoms with Gasteiger partial charge in [-0.1, -0.05) is 37.6 Å². The Hall–Kier alpha value is -1.15. The van der Waals surface area contributed by atoms with Gasteiger partial charge in [0.05, 0.1) is 0 Å². The summed E-state index contributed by atoms with van der Waals surface area (Å²) in [6.45, 7) is 1.97. The highest BCUT2D eigenvalue weighted by atomic mass is 16.5. The molecule has 1 unspecified atom stereocenters. The summed E-state index contributed by atoms with van der Waals surface area (Å²) in [7, 11) is 1.59. The molecule has 0 spiro atoms. The van der Waals surface area contributed by atoms with Gasteiger partial charge in [-0.05, 0) is 30.7 Å². The number of methoxy groups -OCH3 is 1. The second kappa shape index (κ2) is 5.46. The van der Waals surface area contributed by atoms with Crippen LogP contribution in [0.4, 0.5) is 0 Å². The van der Waals surface area contributed by atoms with Crippen LogP contribution in [-0.4, -0.2) is 19.0 Å². The maximum absolute atomic E-state index is 12.0. The van der Waals surface area contributed by atoms with Crippen molar-refractivity contribution in [2.45, 2.75) is 44.6 Å². The number of hydrogen-bond acceptors (Lipinski definition) is 2. The molecule has 0 heterocycles. The fourth-order valence-corrected chi connectivity index (χ4v) is 2.31. The molecule has 0 saturated heterocycles. The molecule has 1 fully saturated rings. The van der Waals surface area contributed by atoms with Crippen molar-refractivity contribution in [2.24, 2.45) is 0 Å². The lowest BCUT2D eigenvalue weighted by molar-refractivity contribution is 0.0595. The van der Waals surface area contributed by atoms with E-state index in [9.17, 15) is 4.79 Å². The van der Waals surface area contributed by atoms with Gasteiger partial charge in [0.15, 0.2) is 5.78 Å². The maximum atomic E-state index is 12.0. The third kappa shape index (κ3) is 2.58. The molecule has 0 N–H and O–H groups in total. The Morgan fingerprint density at radius 1 is 1.35 bits per heavy atom. The summed E-state index contributed by atoms with van der Waals surface area (Å²) in [5, 5.41) is 0. The summed E-state index contributed by atoms with van der Waals surface area (Å²) in [4.78, 5) is 12.0. The molecule has 0 amide bonds. The summed E-state index contributed by atoms with van der Waals surface area (Å²) < 4.78 is 5.18. The van der Waals surface area contributed by atoms with E-state index in [1.807, 2.05) is 19.1 Å². The van der Waals surface area contributed by atoms with Gasteiger partial charge in [0.2, 0.25) is 0 Å². The Morgan fingerprint density at radius 2 is 2.00 bits per heavy atom. The lowest BCUT2D eigenvalue weighted by atomic mass is 9.80. The predicted molar refractivity (Wildman–Crippen MR) is 68.5 cm³/mol. The van der Waals surface area contributed by atoms with Crippen LogP contribution >= 0.6 is 0 Å². The van der Waals surface area contributed by atoms with Crippen LogP contribution in [0.25, 0.3) is 0 Å². The number of hydrogen-bond donors (Lipinski definition) is 0. The maximum Gasteiger partial charge on any atom is 0.191 e. The van der Waals surface area contributed by atoms with Crippen LogP contribution in [-0.2, 0) is 4.74 Å². The average molecular weight is 232 g/mol. The summed E-state index contributed by atoms with van der Waals surface area (Å²) in [6.07, 6.45) is 4.35. The number of rotatable bonds is 5. The van der Waals surface area contributed by atoms with Gasteiger partial charge in [-0.2, -0.15) is 0 Å². The smallest absolute Gasteiger partial charge is 0.191 e. The Labute approximate surface area is 103 Å². The monoisotopic (exact) mass is 232 g/mol. The Kier molecular flexibility index (Phi) is 3.95. The molecule has 0 aromatic heterocycles. The van der Waals surface area contributed by atoms with Gasteiger partial charge in [0.25, 0.3) is 0 Å². The van der Waals surface area contributed by atoms with Crippen LogP contribution in [0.1, 0.15) is 54.4 Å². The summed E-state index contributed by atoms with van der Waals surface area (Å²) >= 11 is 0. The molecule has 92 valence electrons. The van der Waals surface area contributed by atoms with Crippen molar-refractivity contribution in [2.75, 3.05) is 7.11 Å². The van der Waals surface area contributed by atoms with E-state index in [2.05, 4.69) is 12.1 Å². The number of carbonyl (C=O) groups is 1. The molecule has 1 aromatic rings. The molecule has 0 bridgehead atoms. The van der Waals surface area contributed by atoms with Crippen LogP contribution in [0.5, 0.6) is 0 Å². The molecule has 1 atom stereocenters. The van der Waals surface area contributed by atoms with Gasteiger partial charge in [-0.3, -0.25) is 4.79 Å². The minimum atomic E-state index is -0.301. The number of ether oxygens (including phenoxy) is 1. The lowest BCUT2D eigenvalue weighted by Crippen LogP contribution is -2.22. The number of ketones is 1. The normalized spacial score (nSPS) is 17.5. The van der Waals surface area contributed by atoms with Crippen molar-refractivity contribution in [3.63, 3.8) is 0 Å². The summed E-state index contributed by atoms with van der Waals surface area (Å²) in [6, 6.07) is 8.08. The standard InChI is InChI=1S/C15H20O2/c1-3-14(17-2)15(16)13-9-7-12(8-10-13)11-5-4-6-11/h7-11,14H,3-6H2,1-2H3. The SMILES string of the molecule is CCC(OC)C(=O)c1ccc(C2CCC2)cc1. The Bertz CT molecular complexity index is 372. The molecule has 17 heavy (non-hydrogen) atoms. The van der Waals surface area contributed by atoms with E-state index < -0.39 is 0 Å². The lowest BCUT2D eigenvalue weighted by Gasteiger charge is -2.25. The molecule has 1 aliphatic carbocycles. The van der Waals surface area contributed by atoms with E-state index in [0.717, 1.165) is 17.9 Å². The summed E-state index contributed by atoms with van der Waals surface area (Å²) in [5.41, 5.74) is 2.14. The van der Waals surface area contributed by atoms with E-state index in [1.54, 1.807) is 7.11 Å². The zero-order valence-electron chi connectivity index (χ0n) is 10.6. The van der Waals surface area contributed by atoms with Gasteiger partial charge in [-0.15, -0.1) is 0 Å². The number of benzene rings is 1. The van der Waals surface area contributed by atoms with Crippen LogP contribution in [0, 0.1) is 0 Å². The molecule has 0 aliphatic heterocycles. The van der Waals surface area contributed by atoms with Crippen molar-refractivity contribution in [3.8, 4) is 0 Å². The molecule has 0 radical (unpaired) electrons. The minimum Gasteiger partial charge on any atom is -0.373 e. The molecular formula is C15H20O2. The van der Waals surface area contributed by atoms with E-state index in [0.29, 0.717) is 0 Å². The molecule has 1 saturated carbocycles. The van der Waals surface area contributed by atoms with E-state index in [-0.39, 0.29) is 11.9 Å². The van der Waals surface area contributed by atoms with E-state index in [1.165, 1.54) is 24.8 Å². The first-order valence-corrected chi connectivity index (χ1v) is 6.43. The highest BCUT2D eigenvalue weighted by Gasteiger charge is 2.21. The minimum absolute atomic E-state index is 0.0927. The van der Waals surface area contributed by atoms with Gasteiger partial charge in [0, 0.05) is 12.7 Å². The van der Waals surface area contributed by atoms with Crippen LogP contribution in [0.2, 0.25) is 0 Å². The first kappa shape index (κ1) is 12.3. The molecule has 2 nitrogen and oxygen atoms in total. The topological polar surface area (TPSA) is 26.3 Å². The van der Waals surface area contributed by atoms with Crippen molar-refractivity contribution in [1.29, 1.82) is 0 Å². The van der Waals surface area contributed by atoms with Crippen molar-refractivity contribution >= 4 is 5.78 Å². The highest BCUT2D eigenvalue weighted by Crippen LogP contribution is 2.36. The third-order valence-corrected chi connectivity index (χ3v) is 3.72. The molecule has 1 aromatic carbocycles. The molecule has 1 aliphatic rings. The zero-order chi connectivity index (χ0) is 12.3. The van der Waals surface area contributed by atoms with Gasteiger partial charge < -0.3 is 4.74 Å². The van der Waals surface area contributed by atoms with E-state index >= 15 is 0 Å². The fourth-order valence-electron chi connectivity index (χ4n) is 2.31. The van der Waals surface area contributed by atoms with Crippen LogP contribution in [0.15, 0.2) is 24.3 Å². The predicted octanol–water partition coefficient (Wildman–Crippen LogP) is 3.56. The number of Topliss-reactive ketones (excluding diaryl/α,β-unsaturated/α-hetero) is 1. The molecule has 2 rings (SSSR count). The quantitative estimate of drug-likeness (QED) is 0.725. The van der Waals surface area contributed by atoms with Crippen LogP contribution < -0.4 is 0 Å². The zero-order valence-corrected chi connectivity index (χ0v) is 10.6. The first-order chi connectivity index (χ1) is 8.26. The summed E-state index contributed by atoms with van der Waals surface area (Å²) in [5.74, 6) is 0.818. The van der Waals surface area contributed by atoms with Gasteiger partial charge in [-0.25, -0.2) is 0 Å². The first-order valence-electron chi connectivity index (χ1n) is 6.43. The Morgan fingerprint density at radius 3 is 2.41 bits per heavy atom. The van der Waals surface area contributed by atoms with E-state index in [4.69, 9.17) is 4.74 Å². The second-order valence-corrected chi connectivity index (χ2v) is 4.75. The Balaban J connectivity index is 2.08. The highest BCUT2D eigenvalue weighted by molar-refractivity contribution is 5.99. The third-order valence-electron chi connectivity index (χ3n) is 3.72. The average Bonchev–Trinajstić information content (AvgIpc) is 2.29. The molecule has 2 heteroatoms.